The van der Waals surface area contributed by atoms with Crippen LogP contribution < -0.4 is 0 Å². The van der Waals surface area contributed by atoms with Crippen molar-refractivity contribution in [3.8, 4) is 0 Å². The predicted molar refractivity (Wildman–Crippen MR) is 47.5 cm³/mol. The molecule has 0 spiro atoms. The Morgan fingerprint density at radius 2 is 1.00 bits per heavy atom. The first kappa shape index (κ1) is 18.2. The lowest BCUT2D eigenvalue weighted by atomic mass is 9.67. The highest BCUT2D eigenvalue weighted by Gasteiger charge is 2.96. The zero-order valence-corrected chi connectivity index (χ0v) is 10.3. The molecular weight excluding hydrogens is 364 g/mol. The van der Waals surface area contributed by atoms with Gasteiger partial charge in [0.2, 0.25) is 5.67 Å². The van der Waals surface area contributed by atoms with Gasteiger partial charge in [-0.25, -0.2) is 13.2 Å². The standard InChI is InChI=1S/C10H4F12O/c11-5(7(13,9(17,18)19)10(20,21)22)3-1-2-4(23-3)6(5,12)8(14,15)16/h1-4H. The SMILES string of the molecule is FC(F)(F)C1(F)C2C=CC(O2)C1(F)C(F)(C(F)(F)F)C(F)(F)F. The molecule has 0 aromatic rings. The molecule has 2 bridgehead atoms. The Morgan fingerprint density at radius 1 is 0.652 bits per heavy atom. The fraction of sp³-hybridized carbons (Fsp3) is 0.800. The average Bonchev–Trinajstić information content (AvgIpc) is 2.87. The molecule has 134 valence electrons. The van der Waals surface area contributed by atoms with E-state index in [1.165, 1.54) is 0 Å². The topological polar surface area (TPSA) is 9.23 Å². The van der Waals surface area contributed by atoms with Crippen LogP contribution in [-0.4, -0.2) is 47.7 Å². The van der Waals surface area contributed by atoms with Crippen LogP contribution in [0.5, 0.6) is 0 Å². The van der Waals surface area contributed by atoms with Gasteiger partial charge < -0.3 is 4.74 Å². The molecular formula is C10H4F12O. The van der Waals surface area contributed by atoms with E-state index in [4.69, 9.17) is 0 Å². The van der Waals surface area contributed by atoms with Crippen LogP contribution in [0.1, 0.15) is 0 Å². The number of fused-ring (bicyclic) bond motifs is 2. The molecule has 2 aliphatic rings. The van der Waals surface area contributed by atoms with Crippen molar-refractivity contribution in [1.82, 2.24) is 0 Å². The van der Waals surface area contributed by atoms with Gasteiger partial charge >= 0.3 is 24.2 Å². The van der Waals surface area contributed by atoms with E-state index in [-0.39, 0.29) is 12.2 Å². The van der Waals surface area contributed by atoms with Gasteiger partial charge in [-0.3, -0.25) is 0 Å². The Kier molecular flexibility index (Phi) is 3.38. The summed E-state index contributed by atoms with van der Waals surface area (Å²) in [5, 5.41) is 0. The molecule has 2 heterocycles. The van der Waals surface area contributed by atoms with Gasteiger partial charge in [-0.15, -0.1) is 0 Å². The third-order valence-corrected chi connectivity index (χ3v) is 3.76. The van der Waals surface area contributed by atoms with Crippen molar-refractivity contribution in [2.75, 3.05) is 0 Å². The molecule has 0 radical (unpaired) electrons. The summed E-state index contributed by atoms with van der Waals surface area (Å²) in [6.45, 7) is 0. The number of rotatable bonds is 1. The highest BCUT2D eigenvalue weighted by atomic mass is 19.4. The third-order valence-electron chi connectivity index (χ3n) is 3.76. The lowest BCUT2D eigenvalue weighted by Crippen LogP contribution is -2.78. The maximum atomic E-state index is 14.5. The average molecular weight is 368 g/mol. The maximum Gasteiger partial charge on any atom is 0.435 e. The summed E-state index contributed by atoms with van der Waals surface area (Å²) in [6, 6.07) is 0. The van der Waals surface area contributed by atoms with Crippen LogP contribution in [0.25, 0.3) is 0 Å². The molecule has 0 aromatic carbocycles. The normalized spacial score (nSPS) is 38.4. The highest BCUT2D eigenvalue weighted by Crippen LogP contribution is 2.68. The molecule has 2 aliphatic heterocycles. The zero-order valence-electron chi connectivity index (χ0n) is 10.3. The monoisotopic (exact) mass is 368 g/mol. The first-order valence-corrected chi connectivity index (χ1v) is 5.57. The largest absolute Gasteiger partial charge is 0.435 e. The van der Waals surface area contributed by atoms with Gasteiger partial charge in [-0.2, -0.15) is 39.5 Å². The predicted octanol–water partition coefficient (Wildman–Crippen LogP) is 4.14. The quantitative estimate of drug-likeness (QED) is 0.500. The van der Waals surface area contributed by atoms with Crippen LogP contribution in [0.3, 0.4) is 0 Å². The van der Waals surface area contributed by atoms with Crippen molar-refractivity contribution < 1.29 is 57.4 Å². The van der Waals surface area contributed by atoms with Gasteiger partial charge in [-0.1, -0.05) is 12.2 Å². The smallest absolute Gasteiger partial charge is 0.359 e. The highest BCUT2D eigenvalue weighted by molar-refractivity contribution is 5.38. The molecule has 1 nitrogen and oxygen atoms in total. The van der Waals surface area contributed by atoms with Crippen molar-refractivity contribution in [3.05, 3.63) is 12.2 Å². The lowest BCUT2D eigenvalue weighted by Gasteiger charge is -2.47. The van der Waals surface area contributed by atoms with Gasteiger partial charge in [0.05, 0.1) is 0 Å². The van der Waals surface area contributed by atoms with E-state index < -0.39 is 47.7 Å². The first-order chi connectivity index (χ1) is 9.96. The maximum absolute atomic E-state index is 14.5. The van der Waals surface area contributed by atoms with Crippen LogP contribution in [-0.2, 0) is 4.74 Å². The molecule has 2 rings (SSSR count). The summed E-state index contributed by atoms with van der Waals surface area (Å²) in [5.41, 5.74) is -19.2. The fourth-order valence-electron chi connectivity index (χ4n) is 2.70. The van der Waals surface area contributed by atoms with Crippen molar-refractivity contribution in [2.24, 2.45) is 0 Å². The number of ether oxygens (including phenoxy) is 1. The summed E-state index contributed by atoms with van der Waals surface area (Å²) in [5.74, 6) is 0. The van der Waals surface area contributed by atoms with Gasteiger partial charge in [-0.05, 0) is 0 Å². The molecule has 0 saturated carbocycles. The third kappa shape index (κ3) is 1.76. The Bertz CT molecular complexity index is 515. The van der Waals surface area contributed by atoms with Crippen LogP contribution in [0.2, 0.25) is 0 Å². The summed E-state index contributed by atoms with van der Waals surface area (Å²) >= 11 is 0. The molecule has 0 amide bonds. The zero-order chi connectivity index (χ0) is 18.3. The first-order valence-electron chi connectivity index (χ1n) is 5.57. The minimum Gasteiger partial charge on any atom is -0.359 e. The van der Waals surface area contributed by atoms with E-state index in [0.717, 1.165) is 0 Å². The molecule has 0 aromatic heterocycles. The van der Waals surface area contributed by atoms with Crippen molar-refractivity contribution >= 4 is 0 Å². The molecule has 4 atom stereocenters. The number of hydrogen-bond acceptors (Lipinski definition) is 1. The molecule has 13 heteroatoms. The summed E-state index contributed by atoms with van der Waals surface area (Å²) in [7, 11) is 0. The second-order valence-corrected chi connectivity index (χ2v) is 4.94. The molecule has 4 unspecified atom stereocenters. The number of alkyl halides is 12. The second kappa shape index (κ2) is 4.28. The van der Waals surface area contributed by atoms with Crippen LogP contribution >= 0.6 is 0 Å². The van der Waals surface area contributed by atoms with E-state index in [1.54, 1.807) is 0 Å². The van der Waals surface area contributed by atoms with Gasteiger partial charge in [0.15, 0.2) is 0 Å². The Labute approximate surface area is 118 Å². The summed E-state index contributed by atoms with van der Waals surface area (Å²) < 4.78 is 160. The molecule has 1 saturated heterocycles. The fourth-order valence-corrected chi connectivity index (χ4v) is 2.70. The second-order valence-electron chi connectivity index (χ2n) is 4.94. The molecule has 0 aliphatic carbocycles. The number of halogens is 12. The molecule has 0 N–H and O–H groups in total. The Balaban J connectivity index is 2.83. The van der Waals surface area contributed by atoms with E-state index in [2.05, 4.69) is 4.74 Å². The van der Waals surface area contributed by atoms with E-state index in [0.29, 0.717) is 0 Å². The Hall–Kier alpha value is -1.14. The van der Waals surface area contributed by atoms with Crippen LogP contribution in [0.15, 0.2) is 12.2 Å². The lowest BCUT2D eigenvalue weighted by molar-refractivity contribution is -0.405. The summed E-state index contributed by atoms with van der Waals surface area (Å²) in [4.78, 5) is 0. The van der Waals surface area contributed by atoms with E-state index >= 15 is 0 Å². The molecule has 1 fully saturated rings. The van der Waals surface area contributed by atoms with Crippen molar-refractivity contribution in [2.45, 2.75) is 47.7 Å². The minimum absolute atomic E-state index is 0.0138. The van der Waals surface area contributed by atoms with Crippen molar-refractivity contribution in [1.29, 1.82) is 0 Å². The van der Waals surface area contributed by atoms with Crippen molar-refractivity contribution in [3.63, 3.8) is 0 Å². The number of hydrogen-bond donors (Lipinski definition) is 0. The van der Waals surface area contributed by atoms with E-state index in [9.17, 15) is 52.7 Å². The van der Waals surface area contributed by atoms with E-state index in [1.807, 2.05) is 0 Å². The van der Waals surface area contributed by atoms with Gasteiger partial charge in [0.25, 0.3) is 5.67 Å². The van der Waals surface area contributed by atoms with Crippen LogP contribution in [0.4, 0.5) is 52.7 Å². The van der Waals surface area contributed by atoms with Crippen LogP contribution in [0, 0.1) is 0 Å². The van der Waals surface area contributed by atoms with Gasteiger partial charge in [0, 0.05) is 0 Å². The minimum atomic E-state index is -7.23. The molecule has 23 heavy (non-hydrogen) atoms. The van der Waals surface area contributed by atoms with Gasteiger partial charge in [0.1, 0.15) is 12.2 Å². The summed E-state index contributed by atoms with van der Waals surface area (Å²) in [6.07, 6.45) is -27.6. The Morgan fingerprint density at radius 3 is 1.30 bits per heavy atom.